The zero-order valence-corrected chi connectivity index (χ0v) is 17.6. The van der Waals surface area contributed by atoms with Crippen LogP contribution in [0.4, 0.5) is 5.69 Å². The molecule has 1 aliphatic rings. The van der Waals surface area contributed by atoms with E-state index in [1.54, 1.807) is 17.0 Å². The second-order valence-corrected chi connectivity index (χ2v) is 8.20. The summed E-state index contributed by atoms with van der Waals surface area (Å²) in [5.74, 6) is -1.13. The number of rotatable bonds is 5. The highest BCUT2D eigenvalue weighted by Gasteiger charge is 2.46. The molecule has 2 aromatic rings. The average Bonchev–Trinajstić information content (AvgIpc) is 2.92. The van der Waals surface area contributed by atoms with Gasteiger partial charge in [-0.2, -0.15) is 0 Å². The Morgan fingerprint density at radius 2 is 1.62 bits per heavy atom. The number of nitrogens with zero attached hydrogens (tertiary/aromatic N) is 2. The van der Waals surface area contributed by atoms with E-state index in [0.717, 1.165) is 16.8 Å². The van der Waals surface area contributed by atoms with E-state index in [9.17, 15) is 14.7 Å². The van der Waals surface area contributed by atoms with Crippen molar-refractivity contribution in [1.29, 1.82) is 0 Å². The Morgan fingerprint density at radius 3 is 2.14 bits per heavy atom. The van der Waals surface area contributed by atoms with Gasteiger partial charge in [0.2, 0.25) is 0 Å². The molecule has 0 saturated carbocycles. The Morgan fingerprint density at radius 1 is 1.03 bits per heavy atom. The minimum Gasteiger partial charge on any atom is -0.507 e. The third-order valence-electron chi connectivity index (χ3n) is 5.15. The maximum atomic E-state index is 12.9. The van der Waals surface area contributed by atoms with Crippen LogP contribution in [-0.4, -0.2) is 42.3 Å². The van der Waals surface area contributed by atoms with Crippen molar-refractivity contribution in [2.75, 3.05) is 25.5 Å². The highest BCUT2D eigenvalue weighted by Crippen LogP contribution is 2.40. The van der Waals surface area contributed by atoms with Crippen molar-refractivity contribution in [3.63, 3.8) is 0 Å². The maximum absolute atomic E-state index is 12.9. The summed E-state index contributed by atoms with van der Waals surface area (Å²) in [5, 5.41) is 11.0. The van der Waals surface area contributed by atoms with Gasteiger partial charge in [0, 0.05) is 31.9 Å². The van der Waals surface area contributed by atoms with E-state index in [4.69, 9.17) is 0 Å². The van der Waals surface area contributed by atoms with E-state index in [-0.39, 0.29) is 17.3 Å². The molecule has 0 bridgehead atoms. The van der Waals surface area contributed by atoms with Gasteiger partial charge in [0.25, 0.3) is 11.7 Å². The van der Waals surface area contributed by atoms with Gasteiger partial charge < -0.3 is 14.9 Å². The van der Waals surface area contributed by atoms with Crippen LogP contribution >= 0.6 is 0 Å². The molecule has 1 atom stereocenters. The van der Waals surface area contributed by atoms with Gasteiger partial charge in [0.15, 0.2) is 0 Å². The third-order valence-corrected chi connectivity index (χ3v) is 5.15. The predicted octanol–water partition coefficient (Wildman–Crippen LogP) is 4.14. The Kier molecular flexibility index (Phi) is 5.78. The molecule has 1 aliphatic heterocycles. The molecule has 1 N–H and O–H groups in total. The summed E-state index contributed by atoms with van der Waals surface area (Å²) in [6, 6.07) is 14.4. The first kappa shape index (κ1) is 20.6. The molecule has 2 aromatic carbocycles. The first-order valence-corrected chi connectivity index (χ1v) is 9.83. The Balaban J connectivity index is 2.15. The summed E-state index contributed by atoms with van der Waals surface area (Å²) in [4.78, 5) is 29.3. The topological polar surface area (TPSA) is 60.9 Å². The summed E-state index contributed by atoms with van der Waals surface area (Å²) >= 11 is 0. The first-order valence-electron chi connectivity index (χ1n) is 9.83. The van der Waals surface area contributed by atoms with Crippen molar-refractivity contribution < 1.29 is 14.7 Å². The summed E-state index contributed by atoms with van der Waals surface area (Å²) in [7, 11) is 3.91. The quantitative estimate of drug-likeness (QED) is 0.472. The second-order valence-electron chi connectivity index (χ2n) is 8.20. The van der Waals surface area contributed by atoms with Gasteiger partial charge in [0.1, 0.15) is 5.76 Å². The van der Waals surface area contributed by atoms with Crippen LogP contribution in [0.5, 0.6) is 0 Å². The number of anilines is 1. The highest BCUT2D eigenvalue weighted by atomic mass is 16.3. The Bertz CT molecular complexity index is 941. The maximum Gasteiger partial charge on any atom is 0.295 e. The molecule has 1 fully saturated rings. The highest BCUT2D eigenvalue weighted by molar-refractivity contribution is 6.46. The van der Waals surface area contributed by atoms with Gasteiger partial charge >= 0.3 is 0 Å². The van der Waals surface area contributed by atoms with Crippen molar-refractivity contribution >= 4 is 23.1 Å². The summed E-state index contributed by atoms with van der Waals surface area (Å²) < 4.78 is 0. The number of aliphatic hydroxyl groups excluding tert-OH is 1. The van der Waals surface area contributed by atoms with E-state index < -0.39 is 17.7 Å². The van der Waals surface area contributed by atoms with E-state index in [1.807, 2.05) is 76.2 Å². The van der Waals surface area contributed by atoms with Crippen molar-refractivity contribution in [1.82, 2.24) is 4.90 Å². The van der Waals surface area contributed by atoms with Gasteiger partial charge in [-0.15, -0.1) is 0 Å². The molecule has 0 radical (unpaired) electrons. The number of carbonyl (C=O) groups excluding carboxylic acids is 2. The van der Waals surface area contributed by atoms with Crippen LogP contribution in [0.1, 0.15) is 36.6 Å². The third kappa shape index (κ3) is 4.04. The van der Waals surface area contributed by atoms with Crippen molar-refractivity contribution in [2.45, 2.75) is 26.8 Å². The number of hydrogen-bond donors (Lipinski definition) is 1. The SMILES string of the molecule is Cc1ccc(C(O)=C2C(=O)C(=O)N(CC(C)C)[C@@H]2c2ccc(N(C)C)cc2)cc1. The molecule has 29 heavy (non-hydrogen) atoms. The van der Waals surface area contributed by atoms with Crippen molar-refractivity contribution in [3.8, 4) is 0 Å². The predicted molar refractivity (Wildman–Crippen MR) is 116 cm³/mol. The molecule has 5 heteroatoms. The average molecular weight is 392 g/mol. The van der Waals surface area contributed by atoms with E-state index >= 15 is 0 Å². The number of likely N-dealkylation sites (tertiary alicyclic amines) is 1. The fraction of sp³-hybridized carbons (Fsp3) is 0.333. The molecule has 3 rings (SSSR count). The lowest BCUT2D eigenvalue weighted by Crippen LogP contribution is -2.33. The van der Waals surface area contributed by atoms with Crippen molar-refractivity contribution in [3.05, 3.63) is 70.8 Å². The zero-order chi connectivity index (χ0) is 21.3. The van der Waals surface area contributed by atoms with E-state index in [1.165, 1.54) is 0 Å². The van der Waals surface area contributed by atoms with Crippen LogP contribution in [0.3, 0.4) is 0 Å². The molecule has 1 saturated heterocycles. The summed E-state index contributed by atoms with van der Waals surface area (Å²) in [5.41, 5.74) is 3.57. The van der Waals surface area contributed by atoms with Crippen molar-refractivity contribution in [2.24, 2.45) is 5.92 Å². The van der Waals surface area contributed by atoms with Crippen LogP contribution in [0.15, 0.2) is 54.1 Å². The Labute approximate surface area is 172 Å². The van der Waals surface area contributed by atoms with Crippen LogP contribution in [0.25, 0.3) is 5.76 Å². The Hall–Kier alpha value is -3.08. The van der Waals surface area contributed by atoms with Crippen LogP contribution in [0.2, 0.25) is 0 Å². The van der Waals surface area contributed by atoms with E-state index in [0.29, 0.717) is 12.1 Å². The van der Waals surface area contributed by atoms with Crippen LogP contribution in [0, 0.1) is 12.8 Å². The minimum absolute atomic E-state index is 0.128. The molecular weight excluding hydrogens is 364 g/mol. The number of ketones is 1. The largest absolute Gasteiger partial charge is 0.507 e. The lowest BCUT2D eigenvalue weighted by Gasteiger charge is -2.27. The molecule has 5 nitrogen and oxygen atoms in total. The normalized spacial score (nSPS) is 18.6. The molecule has 1 amide bonds. The summed E-state index contributed by atoms with van der Waals surface area (Å²) in [6.45, 7) is 6.41. The minimum atomic E-state index is -0.634. The molecule has 0 unspecified atom stereocenters. The lowest BCUT2D eigenvalue weighted by atomic mass is 9.94. The van der Waals surface area contributed by atoms with Gasteiger partial charge in [-0.3, -0.25) is 9.59 Å². The number of amides is 1. The van der Waals surface area contributed by atoms with Gasteiger partial charge in [-0.1, -0.05) is 55.8 Å². The van der Waals surface area contributed by atoms with Crippen LogP contribution < -0.4 is 4.90 Å². The number of aryl methyl sites for hydroxylation is 1. The number of benzene rings is 2. The smallest absolute Gasteiger partial charge is 0.295 e. The number of hydrogen-bond acceptors (Lipinski definition) is 4. The standard InChI is InChI=1S/C24H28N2O3/c1-15(2)14-26-21(17-10-12-19(13-11-17)25(4)5)20(23(28)24(26)29)22(27)18-8-6-16(3)7-9-18/h6-13,15,21,27H,14H2,1-5H3/t21-/m1/s1. The van der Waals surface area contributed by atoms with Crippen LogP contribution in [-0.2, 0) is 9.59 Å². The van der Waals surface area contributed by atoms with Gasteiger partial charge in [0.05, 0.1) is 11.6 Å². The van der Waals surface area contributed by atoms with Gasteiger partial charge in [-0.25, -0.2) is 0 Å². The first-order chi connectivity index (χ1) is 13.7. The fourth-order valence-electron chi connectivity index (χ4n) is 3.63. The molecule has 1 heterocycles. The number of carbonyl (C=O) groups is 2. The monoisotopic (exact) mass is 392 g/mol. The number of aliphatic hydroxyl groups is 1. The molecule has 0 aliphatic carbocycles. The molecule has 0 aromatic heterocycles. The number of Topliss-reactive ketones (excluding diaryl/α,β-unsaturated/α-hetero) is 1. The molecular formula is C24H28N2O3. The molecule has 0 spiro atoms. The zero-order valence-electron chi connectivity index (χ0n) is 17.6. The lowest BCUT2D eigenvalue weighted by molar-refractivity contribution is -0.140. The fourth-order valence-corrected chi connectivity index (χ4v) is 3.63. The second kappa shape index (κ2) is 8.11. The summed E-state index contributed by atoms with van der Waals surface area (Å²) in [6.07, 6.45) is 0. The molecule has 152 valence electrons. The van der Waals surface area contributed by atoms with Gasteiger partial charge in [-0.05, 0) is 30.5 Å². The van der Waals surface area contributed by atoms with E-state index in [2.05, 4.69) is 0 Å².